The van der Waals surface area contributed by atoms with Crippen LogP contribution in [0, 0.1) is 0 Å². The molecule has 1 saturated carbocycles. The van der Waals surface area contributed by atoms with Crippen LogP contribution in [-0.2, 0) is 6.54 Å². The van der Waals surface area contributed by atoms with Crippen LogP contribution in [0.25, 0.3) is 0 Å². The third kappa shape index (κ3) is 2.82. The van der Waals surface area contributed by atoms with E-state index in [1.165, 1.54) is 12.8 Å². The van der Waals surface area contributed by atoms with Gasteiger partial charge in [-0.3, -0.25) is 0 Å². The fourth-order valence-corrected chi connectivity index (χ4v) is 2.44. The molecule has 1 fully saturated rings. The number of nitrogens with two attached hydrogens (primary N) is 1. The maximum Gasteiger partial charge on any atom is 0.145 e. The molecule has 2 aromatic rings. The lowest BCUT2D eigenvalue weighted by Gasteiger charge is -2.18. The highest BCUT2D eigenvalue weighted by atomic mass is 32.1. The number of nitrogens with one attached hydrogen (secondary N) is 1. The van der Waals surface area contributed by atoms with Gasteiger partial charge in [-0.2, -0.15) is 0 Å². The van der Waals surface area contributed by atoms with E-state index in [1.54, 1.807) is 11.3 Å². The van der Waals surface area contributed by atoms with Crippen molar-refractivity contribution in [3.63, 3.8) is 0 Å². The highest BCUT2D eigenvalue weighted by molar-refractivity contribution is 7.07. The summed E-state index contributed by atoms with van der Waals surface area (Å²) in [6.07, 6.45) is 2.34. The second-order valence-corrected chi connectivity index (χ2v) is 5.44. The second kappa shape index (κ2) is 5.10. The Morgan fingerprint density at radius 2 is 2.32 bits per heavy atom. The van der Waals surface area contributed by atoms with Crippen LogP contribution in [0.15, 0.2) is 17.0 Å². The van der Waals surface area contributed by atoms with E-state index in [9.17, 15) is 0 Å². The van der Waals surface area contributed by atoms with Crippen LogP contribution in [-0.4, -0.2) is 22.0 Å². The first-order valence-electron chi connectivity index (χ1n) is 6.20. The Labute approximate surface area is 115 Å². The Morgan fingerprint density at radius 1 is 1.47 bits per heavy atom. The molecule has 2 heterocycles. The van der Waals surface area contributed by atoms with E-state index in [4.69, 9.17) is 5.84 Å². The van der Waals surface area contributed by atoms with E-state index in [-0.39, 0.29) is 0 Å². The molecule has 0 spiro atoms. The molecule has 0 amide bonds. The standard InChI is InChI=1S/C12H16N6S/c1-18(5-9-6-19-7-14-9)11-4-10(17-13)15-12(16-11)8-2-3-8/h4,6-8H,2-3,5,13H2,1H3,(H,15,16,17). The summed E-state index contributed by atoms with van der Waals surface area (Å²) in [4.78, 5) is 15.4. The average Bonchev–Trinajstić information content (AvgIpc) is 3.17. The van der Waals surface area contributed by atoms with Crippen molar-refractivity contribution in [3.05, 3.63) is 28.5 Å². The smallest absolute Gasteiger partial charge is 0.145 e. The molecule has 0 atom stereocenters. The summed E-state index contributed by atoms with van der Waals surface area (Å²) in [5, 5.41) is 2.04. The van der Waals surface area contributed by atoms with E-state index < -0.39 is 0 Å². The van der Waals surface area contributed by atoms with Gasteiger partial charge in [0.15, 0.2) is 0 Å². The van der Waals surface area contributed by atoms with Crippen LogP contribution in [0.2, 0.25) is 0 Å². The number of anilines is 2. The number of nitrogen functional groups attached to an aromatic ring is 1. The Bertz CT molecular complexity index is 551. The average molecular weight is 276 g/mol. The normalized spacial score (nSPS) is 14.4. The van der Waals surface area contributed by atoms with Gasteiger partial charge in [-0.1, -0.05) is 0 Å². The summed E-state index contributed by atoms with van der Waals surface area (Å²) >= 11 is 1.60. The minimum Gasteiger partial charge on any atom is -0.354 e. The molecular formula is C12H16N6S. The number of thiazole rings is 1. The van der Waals surface area contributed by atoms with Gasteiger partial charge in [0.05, 0.1) is 17.7 Å². The van der Waals surface area contributed by atoms with Crippen molar-refractivity contribution in [1.82, 2.24) is 15.0 Å². The number of hydrazine groups is 1. The molecule has 0 unspecified atom stereocenters. The first-order valence-corrected chi connectivity index (χ1v) is 7.14. The lowest BCUT2D eigenvalue weighted by atomic mass is 10.3. The van der Waals surface area contributed by atoms with Crippen molar-refractivity contribution >= 4 is 23.0 Å². The summed E-state index contributed by atoms with van der Waals surface area (Å²) in [7, 11) is 2.00. The Kier molecular flexibility index (Phi) is 3.31. The lowest BCUT2D eigenvalue weighted by molar-refractivity contribution is 0.841. The number of aromatic nitrogens is 3. The van der Waals surface area contributed by atoms with Gasteiger partial charge in [-0.25, -0.2) is 20.8 Å². The molecule has 0 saturated heterocycles. The van der Waals surface area contributed by atoms with Crippen LogP contribution in [0.4, 0.5) is 11.6 Å². The lowest BCUT2D eigenvalue weighted by Crippen LogP contribution is -2.20. The van der Waals surface area contributed by atoms with Gasteiger partial charge in [0.25, 0.3) is 0 Å². The summed E-state index contributed by atoms with van der Waals surface area (Å²) in [6.45, 7) is 0.731. The van der Waals surface area contributed by atoms with E-state index in [1.807, 2.05) is 24.0 Å². The first kappa shape index (κ1) is 12.3. The Hall–Kier alpha value is -1.73. The molecule has 19 heavy (non-hydrogen) atoms. The number of rotatable bonds is 5. The molecule has 0 bridgehead atoms. The van der Waals surface area contributed by atoms with Gasteiger partial charge >= 0.3 is 0 Å². The molecule has 6 nitrogen and oxygen atoms in total. The molecule has 2 aromatic heterocycles. The molecule has 0 radical (unpaired) electrons. The van der Waals surface area contributed by atoms with Crippen LogP contribution >= 0.6 is 11.3 Å². The molecule has 0 aliphatic heterocycles. The van der Waals surface area contributed by atoms with E-state index in [0.717, 1.165) is 23.9 Å². The largest absolute Gasteiger partial charge is 0.354 e. The predicted molar refractivity (Wildman–Crippen MR) is 76.0 cm³/mol. The summed E-state index contributed by atoms with van der Waals surface area (Å²) in [5.41, 5.74) is 5.49. The van der Waals surface area contributed by atoms with Gasteiger partial charge in [-0.05, 0) is 12.8 Å². The number of hydrogen-bond donors (Lipinski definition) is 2. The van der Waals surface area contributed by atoms with Crippen molar-refractivity contribution in [2.24, 2.45) is 5.84 Å². The first-order chi connectivity index (χ1) is 9.26. The maximum atomic E-state index is 5.47. The minimum absolute atomic E-state index is 0.500. The summed E-state index contributed by atoms with van der Waals surface area (Å²) < 4.78 is 0. The maximum absolute atomic E-state index is 5.47. The third-order valence-electron chi connectivity index (χ3n) is 3.09. The van der Waals surface area contributed by atoms with Crippen molar-refractivity contribution in [1.29, 1.82) is 0 Å². The SMILES string of the molecule is CN(Cc1cscn1)c1cc(NN)nc(C2CC2)n1. The van der Waals surface area contributed by atoms with Crippen LogP contribution in [0.5, 0.6) is 0 Å². The molecule has 7 heteroatoms. The Morgan fingerprint density at radius 3 is 2.95 bits per heavy atom. The molecular weight excluding hydrogens is 260 g/mol. The van der Waals surface area contributed by atoms with Crippen molar-refractivity contribution in [2.45, 2.75) is 25.3 Å². The van der Waals surface area contributed by atoms with Crippen molar-refractivity contribution in [2.75, 3.05) is 17.4 Å². The van der Waals surface area contributed by atoms with Gasteiger partial charge in [0.1, 0.15) is 17.5 Å². The number of nitrogens with zero attached hydrogens (tertiary/aromatic N) is 4. The van der Waals surface area contributed by atoms with Gasteiger partial charge in [0.2, 0.25) is 0 Å². The fourth-order valence-electron chi connectivity index (χ4n) is 1.89. The third-order valence-corrected chi connectivity index (χ3v) is 3.73. The van der Waals surface area contributed by atoms with Crippen LogP contribution in [0.1, 0.15) is 30.3 Å². The molecule has 3 N–H and O–H groups in total. The van der Waals surface area contributed by atoms with E-state index in [2.05, 4.69) is 25.3 Å². The zero-order valence-corrected chi connectivity index (χ0v) is 11.5. The zero-order valence-electron chi connectivity index (χ0n) is 10.7. The molecule has 1 aliphatic carbocycles. The van der Waals surface area contributed by atoms with Crippen LogP contribution in [0.3, 0.4) is 0 Å². The monoisotopic (exact) mass is 276 g/mol. The van der Waals surface area contributed by atoms with Crippen LogP contribution < -0.4 is 16.2 Å². The highest BCUT2D eigenvalue weighted by Gasteiger charge is 2.27. The molecule has 0 aromatic carbocycles. The highest BCUT2D eigenvalue weighted by Crippen LogP contribution is 2.39. The predicted octanol–water partition coefficient (Wildman–Crippen LogP) is 1.73. The van der Waals surface area contributed by atoms with Crippen molar-refractivity contribution in [3.8, 4) is 0 Å². The van der Waals surface area contributed by atoms with Crippen molar-refractivity contribution < 1.29 is 0 Å². The van der Waals surface area contributed by atoms with E-state index >= 15 is 0 Å². The van der Waals surface area contributed by atoms with Gasteiger partial charge in [0, 0.05) is 24.4 Å². The topological polar surface area (TPSA) is 80.0 Å². The fraction of sp³-hybridized carbons (Fsp3) is 0.417. The molecule has 100 valence electrons. The summed E-state index contributed by atoms with van der Waals surface area (Å²) in [6, 6.07) is 1.86. The molecule has 1 aliphatic rings. The minimum atomic E-state index is 0.500. The quantitative estimate of drug-likeness (QED) is 0.639. The number of hydrogen-bond acceptors (Lipinski definition) is 7. The second-order valence-electron chi connectivity index (χ2n) is 4.72. The van der Waals surface area contributed by atoms with Gasteiger partial charge < -0.3 is 10.3 Å². The van der Waals surface area contributed by atoms with E-state index in [0.29, 0.717) is 11.7 Å². The Balaban J connectivity index is 1.83. The zero-order chi connectivity index (χ0) is 13.2. The summed E-state index contributed by atoms with van der Waals surface area (Å²) in [5.74, 6) is 8.40. The van der Waals surface area contributed by atoms with Gasteiger partial charge in [-0.15, -0.1) is 11.3 Å². The molecule has 3 rings (SSSR count).